The number of ketones is 1. The number of benzene rings is 3. The molecule has 0 aliphatic carbocycles. The smallest absolute Gasteiger partial charge is 0.301 e. The fourth-order valence-corrected chi connectivity index (χ4v) is 6.51. The molecule has 0 radical (unpaired) electrons. The molecule has 216 valence electrons. The standard InChI is InChI=1S/C33H33N3O4S2/c1-4-5-19-40-26-17-15-25(16-18-26)29(37)27-28(24-13-11-23(12-14-24)21(2)3)36(31(39)30(27)38)32-34-35-33(42-32)41-20-22-9-7-6-8-10-22/h6-18,21,28,37H,4-5,19-20H2,1-3H3. The molecule has 5 rings (SSSR count). The Morgan fingerprint density at radius 1 is 1.00 bits per heavy atom. The first kappa shape index (κ1) is 29.5. The number of amides is 1. The molecule has 0 bridgehead atoms. The van der Waals surface area contributed by atoms with Gasteiger partial charge in [-0.25, -0.2) is 0 Å². The van der Waals surface area contributed by atoms with Crippen LogP contribution in [0.15, 0.2) is 88.8 Å². The molecule has 1 unspecified atom stereocenters. The molecule has 9 heteroatoms. The summed E-state index contributed by atoms with van der Waals surface area (Å²) >= 11 is 2.77. The van der Waals surface area contributed by atoms with Crippen LogP contribution in [0.5, 0.6) is 5.75 Å². The SMILES string of the molecule is CCCCOc1ccc(C(O)=C2C(=O)C(=O)N(c3nnc(SCc4ccccc4)s3)C2c2ccc(C(C)C)cc2)cc1. The molecular weight excluding hydrogens is 567 g/mol. The van der Waals surface area contributed by atoms with Gasteiger partial charge in [0.2, 0.25) is 5.13 Å². The van der Waals surface area contributed by atoms with Crippen LogP contribution in [0, 0.1) is 0 Å². The molecule has 1 aromatic heterocycles. The van der Waals surface area contributed by atoms with Gasteiger partial charge in [-0.1, -0.05) is 105 Å². The minimum absolute atomic E-state index is 0.0191. The minimum atomic E-state index is -0.855. The molecule has 3 aromatic carbocycles. The fourth-order valence-electron chi connectivity index (χ4n) is 4.68. The van der Waals surface area contributed by atoms with Gasteiger partial charge in [-0.05, 0) is 53.3 Å². The average molecular weight is 600 g/mol. The highest BCUT2D eigenvalue weighted by molar-refractivity contribution is 8.00. The first-order valence-electron chi connectivity index (χ1n) is 14.0. The summed E-state index contributed by atoms with van der Waals surface area (Å²) in [5.41, 5.74) is 3.42. The van der Waals surface area contributed by atoms with Crippen molar-refractivity contribution in [3.63, 3.8) is 0 Å². The number of thioether (sulfide) groups is 1. The molecule has 1 aliphatic heterocycles. The normalized spacial score (nSPS) is 16.4. The maximum atomic E-state index is 13.5. The average Bonchev–Trinajstić information content (AvgIpc) is 3.58. The van der Waals surface area contributed by atoms with Crippen molar-refractivity contribution in [1.82, 2.24) is 10.2 Å². The highest BCUT2D eigenvalue weighted by atomic mass is 32.2. The lowest BCUT2D eigenvalue weighted by Crippen LogP contribution is -2.29. The summed E-state index contributed by atoms with van der Waals surface area (Å²) in [7, 11) is 0. The Labute approximate surface area is 254 Å². The number of aromatic nitrogens is 2. The molecule has 1 N–H and O–H groups in total. The topological polar surface area (TPSA) is 92.6 Å². The third-order valence-corrected chi connectivity index (χ3v) is 9.19. The zero-order valence-electron chi connectivity index (χ0n) is 23.8. The van der Waals surface area contributed by atoms with Crippen molar-refractivity contribution in [3.05, 3.63) is 107 Å². The van der Waals surface area contributed by atoms with Crippen LogP contribution in [0.1, 0.15) is 67.8 Å². The molecule has 1 amide bonds. The van der Waals surface area contributed by atoms with Crippen LogP contribution in [0.4, 0.5) is 5.13 Å². The molecule has 4 aromatic rings. The molecule has 2 heterocycles. The number of unbranched alkanes of at least 4 members (excludes halogenated alkanes) is 1. The third-order valence-electron chi connectivity index (χ3n) is 7.06. The summed E-state index contributed by atoms with van der Waals surface area (Å²) < 4.78 is 6.43. The van der Waals surface area contributed by atoms with Crippen LogP contribution in [0.25, 0.3) is 5.76 Å². The quantitative estimate of drug-likeness (QED) is 0.0470. The van der Waals surface area contributed by atoms with E-state index in [9.17, 15) is 14.7 Å². The van der Waals surface area contributed by atoms with Gasteiger partial charge in [0, 0.05) is 11.3 Å². The van der Waals surface area contributed by atoms with E-state index in [1.807, 2.05) is 54.6 Å². The van der Waals surface area contributed by atoms with Gasteiger partial charge in [-0.2, -0.15) is 0 Å². The number of Topliss-reactive ketones (excluding diaryl/α,β-unsaturated/α-hetero) is 1. The van der Waals surface area contributed by atoms with E-state index in [2.05, 4.69) is 31.0 Å². The van der Waals surface area contributed by atoms with Crippen LogP contribution < -0.4 is 9.64 Å². The Hall–Kier alpha value is -3.95. The molecule has 0 saturated carbocycles. The zero-order chi connectivity index (χ0) is 29.6. The van der Waals surface area contributed by atoms with Crippen LogP contribution in [-0.2, 0) is 15.3 Å². The maximum Gasteiger partial charge on any atom is 0.301 e. The van der Waals surface area contributed by atoms with Crippen LogP contribution in [0.3, 0.4) is 0 Å². The number of anilines is 1. The van der Waals surface area contributed by atoms with Gasteiger partial charge in [-0.15, -0.1) is 10.2 Å². The van der Waals surface area contributed by atoms with Crippen LogP contribution >= 0.6 is 23.1 Å². The Bertz CT molecular complexity index is 1570. The summed E-state index contributed by atoms with van der Waals surface area (Å²) in [4.78, 5) is 28.4. The lowest BCUT2D eigenvalue weighted by Gasteiger charge is -2.23. The monoisotopic (exact) mass is 599 g/mol. The van der Waals surface area contributed by atoms with Gasteiger partial charge in [0.25, 0.3) is 5.78 Å². The molecule has 1 fully saturated rings. The Morgan fingerprint density at radius 2 is 1.71 bits per heavy atom. The van der Waals surface area contributed by atoms with Gasteiger partial charge >= 0.3 is 5.91 Å². The zero-order valence-corrected chi connectivity index (χ0v) is 25.5. The number of ether oxygens (including phenoxy) is 1. The number of rotatable bonds is 11. The first-order chi connectivity index (χ1) is 20.4. The van der Waals surface area contributed by atoms with Crippen molar-refractivity contribution < 1.29 is 19.4 Å². The molecule has 42 heavy (non-hydrogen) atoms. The van der Waals surface area contributed by atoms with Gasteiger partial charge < -0.3 is 9.84 Å². The first-order valence-corrected chi connectivity index (χ1v) is 15.8. The van der Waals surface area contributed by atoms with Crippen LogP contribution in [0.2, 0.25) is 0 Å². The predicted octanol–water partition coefficient (Wildman–Crippen LogP) is 7.76. The van der Waals surface area contributed by atoms with Crippen LogP contribution in [-0.4, -0.2) is 33.6 Å². The van der Waals surface area contributed by atoms with Gasteiger partial charge in [0.05, 0.1) is 18.2 Å². The maximum absolute atomic E-state index is 13.5. The van der Waals surface area contributed by atoms with E-state index in [0.29, 0.717) is 44.6 Å². The highest BCUT2D eigenvalue weighted by Crippen LogP contribution is 2.44. The number of carbonyl (C=O) groups is 2. The van der Waals surface area contributed by atoms with Crippen molar-refractivity contribution in [2.75, 3.05) is 11.5 Å². The number of hydrogen-bond donors (Lipinski definition) is 1. The van der Waals surface area contributed by atoms with E-state index in [4.69, 9.17) is 4.74 Å². The Kier molecular flexibility index (Phi) is 9.39. The second-order valence-electron chi connectivity index (χ2n) is 10.3. The second kappa shape index (κ2) is 13.4. The van der Waals surface area contributed by atoms with Crippen molar-refractivity contribution in [1.29, 1.82) is 0 Å². The number of carbonyl (C=O) groups excluding carboxylic acids is 2. The number of hydrogen-bond acceptors (Lipinski definition) is 8. The lowest BCUT2D eigenvalue weighted by molar-refractivity contribution is -0.132. The summed E-state index contributed by atoms with van der Waals surface area (Å²) in [5, 5.41) is 20.4. The van der Waals surface area contributed by atoms with E-state index in [-0.39, 0.29) is 11.3 Å². The molecule has 7 nitrogen and oxygen atoms in total. The van der Waals surface area contributed by atoms with Crippen molar-refractivity contribution in [3.8, 4) is 5.75 Å². The van der Waals surface area contributed by atoms with E-state index < -0.39 is 17.7 Å². The van der Waals surface area contributed by atoms with E-state index in [1.54, 1.807) is 24.3 Å². The summed E-state index contributed by atoms with van der Waals surface area (Å²) in [6.07, 6.45) is 1.97. The van der Waals surface area contributed by atoms with Crippen molar-refractivity contribution in [2.24, 2.45) is 0 Å². The highest BCUT2D eigenvalue weighted by Gasteiger charge is 2.48. The number of aliphatic hydroxyl groups is 1. The molecule has 1 atom stereocenters. The second-order valence-corrected chi connectivity index (χ2v) is 12.5. The largest absolute Gasteiger partial charge is 0.507 e. The summed E-state index contributed by atoms with van der Waals surface area (Å²) in [6, 6.07) is 23.9. The summed E-state index contributed by atoms with van der Waals surface area (Å²) in [6.45, 7) is 6.91. The van der Waals surface area contributed by atoms with E-state index in [0.717, 1.165) is 24.0 Å². The third kappa shape index (κ3) is 6.42. The number of nitrogens with zero attached hydrogens (tertiary/aromatic N) is 3. The Balaban J connectivity index is 1.50. The molecule has 0 spiro atoms. The van der Waals surface area contributed by atoms with E-state index in [1.165, 1.54) is 28.0 Å². The van der Waals surface area contributed by atoms with Crippen molar-refractivity contribution in [2.45, 2.75) is 55.7 Å². The van der Waals surface area contributed by atoms with Gasteiger partial charge in [0.15, 0.2) is 4.34 Å². The van der Waals surface area contributed by atoms with E-state index >= 15 is 0 Å². The molecule has 1 saturated heterocycles. The minimum Gasteiger partial charge on any atom is -0.507 e. The summed E-state index contributed by atoms with van der Waals surface area (Å²) in [5.74, 6) is -0.0530. The van der Waals surface area contributed by atoms with Crippen molar-refractivity contribution >= 4 is 45.7 Å². The van der Waals surface area contributed by atoms with Gasteiger partial charge in [0.1, 0.15) is 11.5 Å². The molecule has 1 aliphatic rings. The lowest BCUT2D eigenvalue weighted by atomic mass is 9.93. The van der Waals surface area contributed by atoms with Gasteiger partial charge in [-0.3, -0.25) is 14.5 Å². The fraction of sp³-hybridized carbons (Fsp3) is 0.273. The Morgan fingerprint density at radius 3 is 2.38 bits per heavy atom. The predicted molar refractivity (Wildman–Crippen MR) is 168 cm³/mol. The molecular formula is C33H33N3O4S2. The number of aliphatic hydroxyl groups excluding tert-OH is 1.